The van der Waals surface area contributed by atoms with Gasteiger partial charge in [0, 0.05) is 106 Å². The summed E-state index contributed by atoms with van der Waals surface area (Å²) in [5.74, 6) is -0.774. The number of halogens is 1. The number of anilines is 2. The third kappa shape index (κ3) is 7.01. The molecule has 58 heavy (non-hydrogen) atoms. The predicted molar refractivity (Wildman–Crippen MR) is 221 cm³/mol. The SMILES string of the molecule is [C-]#[N+]c1ccc(N2CC3(CCN(c4ccc(C(=O)N5CCC(CN6Cc7cc8c(cc7C6)C(=O)N(C6CCC(=O)NC6=O)C8)(OC)CC5)cc4)CC3)C[C@@H]2C)cc1Cl. The van der Waals surface area contributed by atoms with Crippen molar-refractivity contribution in [2.45, 2.75) is 89.2 Å². The highest BCUT2D eigenvalue weighted by molar-refractivity contribution is 6.33. The summed E-state index contributed by atoms with van der Waals surface area (Å²) in [6.07, 6.45) is 5.42. The van der Waals surface area contributed by atoms with Gasteiger partial charge in [0.25, 0.3) is 11.8 Å². The van der Waals surface area contributed by atoms with Gasteiger partial charge in [-0.3, -0.25) is 29.4 Å². The van der Waals surface area contributed by atoms with Crippen molar-refractivity contribution in [3.05, 3.63) is 98.9 Å². The molecule has 6 heterocycles. The van der Waals surface area contributed by atoms with Crippen molar-refractivity contribution < 1.29 is 23.9 Å². The van der Waals surface area contributed by atoms with Gasteiger partial charge < -0.3 is 24.3 Å². The Morgan fingerprint density at radius 1 is 0.897 bits per heavy atom. The van der Waals surface area contributed by atoms with Crippen LogP contribution < -0.4 is 15.1 Å². The van der Waals surface area contributed by atoms with E-state index in [9.17, 15) is 19.2 Å². The van der Waals surface area contributed by atoms with Gasteiger partial charge >= 0.3 is 0 Å². The van der Waals surface area contributed by atoms with Crippen LogP contribution in [0.4, 0.5) is 17.1 Å². The molecule has 0 aromatic heterocycles. The number of nitrogens with zero attached hydrogens (tertiary/aromatic N) is 6. The largest absolute Gasteiger partial charge is 0.377 e. The van der Waals surface area contributed by atoms with E-state index in [1.807, 2.05) is 41.3 Å². The number of rotatable bonds is 7. The van der Waals surface area contributed by atoms with Crippen LogP contribution in [0.5, 0.6) is 0 Å². The first-order chi connectivity index (χ1) is 28.0. The molecule has 4 saturated heterocycles. The van der Waals surface area contributed by atoms with Gasteiger partial charge in [-0.25, -0.2) is 4.85 Å². The van der Waals surface area contributed by atoms with Gasteiger partial charge in [0.05, 0.1) is 12.2 Å². The molecule has 13 heteroatoms. The van der Waals surface area contributed by atoms with E-state index < -0.39 is 11.9 Å². The zero-order valence-electron chi connectivity index (χ0n) is 33.3. The van der Waals surface area contributed by atoms with Crippen molar-refractivity contribution in [2.75, 3.05) is 56.2 Å². The minimum atomic E-state index is -0.616. The van der Waals surface area contributed by atoms with Crippen LogP contribution in [-0.2, 0) is 34.0 Å². The minimum absolute atomic E-state index is 0.0533. The highest BCUT2D eigenvalue weighted by Crippen LogP contribution is 2.46. The van der Waals surface area contributed by atoms with Crippen molar-refractivity contribution >= 4 is 52.3 Å². The second kappa shape index (κ2) is 15.0. The number of nitrogens with one attached hydrogen (secondary N) is 1. The lowest BCUT2D eigenvalue weighted by Gasteiger charge is -2.43. The Morgan fingerprint density at radius 2 is 1.60 bits per heavy atom. The van der Waals surface area contributed by atoms with Gasteiger partial charge in [-0.1, -0.05) is 23.7 Å². The molecular formula is C45H50ClN7O5. The molecule has 9 rings (SSSR count). The topological polar surface area (TPSA) is 110 Å². The van der Waals surface area contributed by atoms with Crippen LogP contribution in [0.2, 0.25) is 5.02 Å². The monoisotopic (exact) mass is 803 g/mol. The van der Waals surface area contributed by atoms with Crippen molar-refractivity contribution in [3.8, 4) is 0 Å². The van der Waals surface area contributed by atoms with Gasteiger partial charge in [0.1, 0.15) is 6.04 Å². The van der Waals surface area contributed by atoms with Crippen LogP contribution >= 0.6 is 11.6 Å². The number of benzene rings is 3. The van der Waals surface area contributed by atoms with Gasteiger partial charge in [-0.05, 0) is 110 Å². The Bertz CT molecular complexity index is 2200. The van der Waals surface area contributed by atoms with Gasteiger partial charge in [-0.2, -0.15) is 0 Å². The van der Waals surface area contributed by atoms with E-state index in [-0.39, 0.29) is 35.2 Å². The number of methoxy groups -OCH3 is 1. The minimum Gasteiger partial charge on any atom is -0.377 e. The lowest BCUT2D eigenvalue weighted by atomic mass is 9.76. The van der Waals surface area contributed by atoms with E-state index in [4.69, 9.17) is 22.9 Å². The molecule has 1 N–H and O–H groups in total. The molecule has 0 aliphatic carbocycles. The molecule has 1 unspecified atom stereocenters. The third-order valence-electron chi connectivity index (χ3n) is 14.0. The smallest absolute Gasteiger partial charge is 0.255 e. The second-order valence-corrected chi connectivity index (χ2v) is 17.9. The Morgan fingerprint density at radius 3 is 2.28 bits per heavy atom. The number of carbonyl (C=O) groups is 4. The lowest BCUT2D eigenvalue weighted by Crippen LogP contribution is -2.52. The van der Waals surface area contributed by atoms with Crippen molar-refractivity contribution in [3.63, 3.8) is 0 Å². The molecule has 6 aliphatic heterocycles. The molecule has 3 aromatic rings. The predicted octanol–water partition coefficient (Wildman–Crippen LogP) is 6.17. The normalized spacial score (nSPS) is 23.9. The fraction of sp³-hybridized carbons (Fsp3) is 0.489. The Balaban J connectivity index is 0.763. The highest BCUT2D eigenvalue weighted by Gasteiger charge is 2.45. The number of fused-ring (bicyclic) bond motifs is 2. The highest BCUT2D eigenvalue weighted by atomic mass is 35.5. The Hall–Kier alpha value is -4.96. The average molecular weight is 804 g/mol. The zero-order chi connectivity index (χ0) is 40.3. The molecule has 2 atom stereocenters. The van der Waals surface area contributed by atoms with E-state index in [1.165, 1.54) is 5.56 Å². The van der Waals surface area contributed by atoms with Gasteiger partial charge in [-0.15, -0.1) is 0 Å². The molecule has 4 amide bonds. The standard InChI is InChI=1S/C45H50ClN7O5/c1-29-23-44(27-53(29)35-8-9-38(47-2)37(46)22-35)12-16-50(17-13-44)34-6-4-30(5-7-34)42(56)51-18-14-45(58-3,15-19-51)28-49-24-31-20-33-26-52(39-10-11-40(54)48-41(39)55)43(57)36(33)21-32(31)25-49/h4-9,20-22,29,39H,10-19,23-28H2,1,3H3,(H,48,54,55)/t29-,39?/m0/s1. The number of amides is 4. The quantitative estimate of drug-likeness (QED) is 0.223. The lowest BCUT2D eigenvalue weighted by molar-refractivity contribution is -0.136. The fourth-order valence-electron chi connectivity index (χ4n) is 10.6. The first-order valence-corrected chi connectivity index (χ1v) is 21.0. The van der Waals surface area contributed by atoms with Crippen LogP contribution in [0.3, 0.4) is 0 Å². The fourth-order valence-corrected chi connectivity index (χ4v) is 10.9. The molecule has 1 spiro atoms. The van der Waals surface area contributed by atoms with Crippen molar-refractivity contribution in [1.82, 2.24) is 20.0 Å². The summed E-state index contributed by atoms with van der Waals surface area (Å²) in [6.45, 7) is 16.4. The summed E-state index contributed by atoms with van der Waals surface area (Å²) >= 11 is 6.39. The third-order valence-corrected chi connectivity index (χ3v) is 14.3. The molecule has 302 valence electrons. The summed E-state index contributed by atoms with van der Waals surface area (Å²) in [6, 6.07) is 17.8. The molecular weight excluding hydrogens is 754 g/mol. The molecule has 0 bridgehead atoms. The van der Waals surface area contributed by atoms with Crippen LogP contribution in [0, 0.1) is 12.0 Å². The molecule has 6 aliphatic rings. The van der Waals surface area contributed by atoms with Gasteiger partial charge in [0.2, 0.25) is 17.5 Å². The second-order valence-electron chi connectivity index (χ2n) is 17.5. The van der Waals surface area contributed by atoms with E-state index >= 15 is 0 Å². The number of likely N-dealkylation sites (tertiary alicyclic amines) is 1. The number of carbonyl (C=O) groups excluding carboxylic acids is 4. The van der Waals surface area contributed by atoms with E-state index in [1.54, 1.807) is 12.0 Å². The summed E-state index contributed by atoms with van der Waals surface area (Å²) in [5.41, 5.74) is 7.21. The first kappa shape index (κ1) is 38.6. The zero-order valence-corrected chi connectivity index (χ0v) is 34.0. The average Bonchev–Trinajstić information content (AvgIpc) is 3.88. The molecule has 3 aromatic carbocycles. The summed E-state index contributed by atoms with van der Waals surface area (Å²) in [7, 11) is 1.77. The van der Waals surface area contributed by atoms with Crippen molar-refractivity contribution in [2.24, 2.45) is 5.41 Å². The first-order valence-electron chi connectivity index (χ1n) is 20.6. The van der Waals surface area contributed by atoms with Crippen LogP contribution in [0.1, 0.15) is 89.3 Å². The van der Waals surface area contributed by atoms with Crippen molar-refractivity contribution in [1.29, 1.82) is 0 Å². The van der Waals surface area contributed by atoms with Crippen LogP contribution in [0.25, 0.3) is 4.85 Å². The van der Waals surface area contributed by atoms with E-state index in [0.29, 0.717) is 60.5 Å². The Labute approximate surface area is 344 Å². The Kier molecular flexibility index (Phi) is 9.98. The van der Waals surface area contributed by atoms with E-state index in [0.717, 1.165) is 87.3 Å². The number of hydrogen-bond acceptors (Lipinski definition) is 8. The molecule has 0 saturated carbocycles. The summed E-state index contributed by atoms with van der Waals surface area (Å²) in [5, 5.41) is 2.89. The number of ether oxygens (including phenoxy) is 1. The molecule has 4 fully saturated rings. The maximum atomic E-state index is 13.7. The summed E-state index contributed by atoms with van der Waals surface area (Å²) in [4.78, 5) is 65.6. The molecule has 0 radical (unpaired) electrons. The summed E-state index contributed by atoms with van der Waals surface area (Å²) < 4.78 is 6.21. The van der Waals surface area contributed by atoms with E-state index in [2.05, 4.69) is 50.0 Å². The van der Waals surface area contributed by atoms with Gasteiger partial charge in [0.15, 0.2) is 0 Å². The number of imide groups is 1. The molecule has 12 nitrogen and oxygen atoms in total. The maximum absolute atomic E-state index is 13.7. The van der Waals surface area contributed by atoms with Crippen LogP contribution in [0.15, 0.2) is 54.6 Å². The number of piperidine rings is 3. The maximum Gasteiger partial charge on any atom is 0.255 e. The number of hydrogen-bond donors (Lipinski definition) is 1. The van der Waals surface area contributed by atoms with Crippen LogP contribution in [-0.4, -0.2) is 102 Å².